The quantitative estimate of drug-likeness (QED) is 0.370. The van der Waals surface area contributed by atoms with Gasteiger partial charge in [0.25, 0.3) is 0 Å². The third-order valence-electron chi connectivity index (χ3n) is 6.04. The van der Waals surface area contributed by atoms with Crippen LogP contribution in [0.3, 0.4) is 0 Å². The molecule has 0 heterocycles. The Morgan fingerprint density at radius 2 is 1.34 bits per heavy atom. The smallest absolute Gasteiger partial charge is 0.0158 e. The number of hydrogen-bond donors (Lipinski definition) is 0. The molecule has 4 rings (SSSR count). The van der Waals surface area contributed by atoms with E-state index in [1.165, 1.54) is 39.0 Å². The molecule has 0 N–H and O–H groups in total. The van der Waals surface area contributed by atoms with Crippen molar-refractivity contribution < 1.29 is 0 Å². The summed E-state index contributed by atoms with van der Waals surface area (Å²) in [6.07, 6.45) is 6.38. The molecular formula is C32H34. The fourth-order valence-electron chi connectivity index (χ4n) is 4.21. The highest BCUT2D eigenvalue weighted by atomic mass is 14.4. The van der Waals surface area contributed by atoms with Crippen LogP contribution in [0.5, 0.6) is 0 Å². The maximum Gasteiger partial charge on any atom is 0.0158 e. The van der Waals surface area contributed by atoms with Gasteiger partial charge in [0.1, 0.15) is 0 Å². The topological polar surface area (TPSA) is 0 Å². The molecular weight excluding hydrogens is 384 g/mol. The van der Waals surface area contributed by atoms with Gasteiger partial charge >= 0.3 is 0 Å². The van der Waals surface area contributed by atoms with E-state index in [4.69, 9.17) is 0 Å². The van der Waals surface area contributed by atoms with E-state index in [2.05, 4.69) is 107 Å². The molecule has 0 bridgehead atoms. The van der Waals surface area contributed by atoms with Gasteiger partial charge in [-0.05, 0) is 65.8 Å². The molecule has 1 aliphatic rings. The average Bonchev–Trinajstić information content (AvgIpc) is 3.02. The minimum absolute atomic E-state index is 0.0775. The van der Waals surface area contributed by atoms with E-state index in [0.29, 0.717) is 0 Å². The molecule has 162 valence electrons. The van der Waals surface area contributed by atoms with Gasteiger partial charge in [-0.25, -0.2) is 0 Å². The van der Waals surface area contributed by atoms with Crippen LogP contribution in [0.15, 0.2) is 110 Å². The van der Waals surface area contributed by atoms with Gasteiger partial charge in [-0.3, -0.25) is 0 Å². The molecule has 3 aromatic rings. The Hall–Kier alpha value is -3.38. The lowest BCUT2D eigenvalue weighted by molar-refractivity contribution is 0.660. The van der Waals surface area contributed by atoms with E-state index in [-0.39, 0.29) is 5.41 Å². The normalized spacial score (nSPS) is 13.7. The molecule has 1 aliphatic carbocycles. The Balaban J connectivity index is 0.000000269. The standard InChI is InChI=1S/C23H24.C9H10/c1-6-17(12-11-16(2)3)18-13-14-22-20(15-18)19-9-7-8-10-21(19)23(22,4)5;1-8(2)9-6-4-3-5-7-9/h6-15H,2H2,1,3-5H3;3-7H,1H2,2H3/b12-11-,17-6+;. The summed E-state index contributed by atoms with van der Waals surface area (Å²) >= 11 is 0. The molecule has 0 spiro atoms. The number of allylic oxidation sites excluding steroid dienone is 6. The zero-order valence-corrected chi connectivity index (χ0v) is 20.1. The van der Waals surface area contributed by atoms with Crippen LogP contribution in [0.1, 0.15) is 56.9 Å². The summed E-state index contributed by atoms with van der Waals surface area (Å²) in [6.45, 7) is 18.5. The summed E-state index contributed by atoms with van der Waals surface area (Å²) in [6, 6.07) is 25.8. The molecule has 32 heavy (non-hydrogen) atoms. The second-order valence-electron chi connectivity index (χ2n) is 9.00. The van der Waals surface area contributed by atoms with E-state index >= 15 is 0 Å². The second kappa shape index (κ2) is 9.83. The predicted molar refractivity (Wildman–Crippen MR) is 143 cm³/mol. The highest BCUT2D eigenvalue weighted by Gasteiger charge is 2.34. The van der Waals surface area contributed by atoms with Crippen LogP contribution in [0, 0.1) is 0 Å². The molecule has 0 aromatic heterocycles. The SMILES string of the molecule is C=C(C)/C=C\C(=C/C)c1ccc2c(c1)-c1ccccc1C2(C)C.C=C(C)c1ccccc1. The van der Waals surface area contributed by atoms with Crippen molar-refractivity contribution >= 4 is 11.1 Å². The van der Waals surface area contributed by atoms with Crippen LogP contribution < -0.4 is 0 Å². The van der Waals surface area contributed by atoms with E-state index < -0.39 is 0 Å². The van der Waals surface area contributed by atoms with Gasteiger partial charge in [0.15, 0.2) is 0 Å². The lowest BCUT2D eigenvalue weighted by Crippen LogP contribution is -2.14. The first kappa shape index (κ1) is 23.3. The van der Waals surface area contributed by atoms with Crippen LogP contribution in [0.25, 0.3) is 22.3 Å². The second-order valence-corrected chi connectivity index (χ2v) is 9.00. The van der Waals surface area contributed by atoms with Gasteiger partial charge < -0.3 is 0 Å². The summed E-state index contributed by atoms with van der Waals surface area (Å²) in [5.74, 6) is 0. The maximum atomic E-state index is 3.95. The van der Waals surface area contributed by atoms with Crippen LogP contribution >= 0.6 is 0 Å². The van der Waals surface area contributed by atoms with E-state index in [1.807, 2.05) is 32.0 Å². The zero-order valence-electron chi connectivity index (χ0n) is 20.1. The van der Waals surface area contributed by atoms with Crippen molar-refractivity contribution in [2.24, 2.45) is 0 Å². The molecule has 0 unspecified atom stereocenters. The van der Waals surface area contributed by atoms with Crippen molar-refractivity contribution in [1.82, 2.24) is 0 Å². The molecule has 0 radical (unpaired) electrons. The molecule has 0 atom stereocenters. The van der Waals surface area contributed by atoms with Gasteiger partial charge in [-0.1, -0.05) is 123 Å². The minimum Gasteiger partial charge on any atom is -0.0961 e. The van der Waals surface area contributed by atoms with Gasteiger partial charge in [0, 0.05) is 5.41 Å². The summed E-state index contributed by atoms with van der Waals surface area (Å²) in [5.41, 5.74) is 11.6. The summed E-state index contributed by atoms with van der Waals surface area (Å²) in [4.78, 5) is 0. The number of rotatable bonds is 4. The summed E-state index contributed by atoms with van der Waals surface area (Å²) < 4.78 is 0. The number of fused-ring (bicyclic) bond motifs is 3. The number of benzene rings is 3. The highest BCUT2D eigenvalue weighted by molar-refractivity contribution is 5.85. The molecule has 0 fully saturated rings. The van der Waals surface area contributed by atoms with Crippen molar-refractivity contribution in [3.63, 3.8) is 0 Å². The third kappa shape index (κ3) is 4.92. The molecule has 0 saturated carbocycles. The Morgan fingerprint density at radius 3 is 1.94 bits per heavy atom. The third-order valence-corrected chi connectivity index (χ3v) is 6.04. The Bertz CT molecular complexity index is 1180. The highest BCUT2D eigenvalue weighted by Crippen LogP contribution is 2.49. The molecule has 0 amide bonds. The summed E-state index contributed by atoms with van der Waals surface area (Å²) in [5, 5.41) is 0. The molecule has 3 aromatic carbocycles. The van der Waals surface area contributed by atoms with Crippen molar-refractivity contribution in [1.29, 1.82) is 0 Å². The van der Waals surface area contributed by atoms with Crippen LogP contribution in [-0.2, 0) is 5.41 Å². The first-order chi connectivity index (χ1) is 15.3. The van der Waals surface area contributed by atoms with Crippen molar-refractivity contribution in [2.45, 2.75) is 40.0 Å². The van der Waals surface area contributed by atoms with Gasteiger partial charge in [0.05, 0.1) is 0 Å². The van der Waals surface area contributed by atoms with Gasteiger partial charge in [-0.2, -0.15) is 0 Å². The Labute approximate surface area is 194 Å². The van der Waals surface area contributed by atoms with Crippen molar-refractivity contribution in [3.8, 4) is 11.1 Å². The zero-order chi connectivity index (χ0) is 23.3. The van der Waals surface area contributed by atoms with Gasteiger partial charge in [-0.15, -0.1) is 0 Å². The Morgan fingerprint density at radius 1 is 0.719 bits per heavy atom. The molecule has 0 heteroatoms. The maximum absolute atomic E-state index is 3.95. The van der Waals surface area contributed by atoms with Crippen molar-refractivity contribution in [2.75, 3.05) is 0 Å². The van der Waals surface area contributed by atoms with Crippen LogP contribution in [0.2, 0.25) is 0 Å². The molecule has 0 saturated heterocycles. The lowest BCUT2D eigenvalue weighted by atomic mass is 9.82. The first-order valence-corrected chi connectivity index (χ1v) is 11.2. The Kier molecular flexibility index (Phi) is 7.15. The fourth-order valence-corrected chi connectivity index (χ4v) is 4.21. The predicted octanol–water partition coefficient (Wildman–Crippen LogP) is 9.25. The van der Waals surface area contributed by atoms with Gasteiger partial charge in [0.2, 0.25) is 0 Å². The van der Waals surface area contributed by atoms with Crippen LogP contribution in [0.4, 0.5) is 0 Å². The fraction of sp³-hybridized carbons (Fsp3) is 0.188. The van der Waals surface area contributed by atoms with E-state index in [0.717, 1.165) is 11.1 Å². The minimum atomic E-state index is 0.0775. The molecule has 0 nitrogen and oxygen atoms in total. The lowest BCUT2D eigenvalue weighted by Gasteiger charge is -2.21. The van der Waals surface area contributed by atoms with E-state index in [1.54, 1.807) is 0 Å². The average molecular weight is 419 g/mol. The largest absolute Gasteiger partial charge is 0.0961 e. The van der Waals surface area contributed by atoms with E-state index in [9.17, 15) is 0 Å². The van der Waals surface area contributed by atoms with Crippen LogP contribution in [-0.4, -0.2) is 0 Å². The monoisotopic (exact) mass is 418 g/mol. The van der Waals surface area contributed by atoms with Crippen molar-refractivity contribution in [3.05, 3.63) is 132 Å². The number of hydrogen-bond acceptors (Lipinski definition) is 0. The molecule has 0 aliphatic heterocycles. The summed E-state index contributed by atoms with van der Waals surface area (Å²) in [7, 11) is 0. The first-order valence-electron chi connectivity index (χ1n) is 11.2.